The summed E-state index contributed by atoms with van der Waals surface area (Å²) in [6, 6.07) is 24.7. The summed E-state index contributed by atoms with van der Waals surface area (Å²) in [5.41, 5.74) is 4.22. The van der Waals surface area contributed by atoms with Crippen LogP contribution in [0.15, 0.2) is 83.5 Å². The maximum atomic E-state index is 13.5. The molecule has 1 fully saturated rings. The van der Waals surface area contributed by atoms with Gasteiger partial charge in [0.2, 0.25) is 0 Å². The molecule has 5 nitrogen and oxygen atoms in total. The van der Waals surface area contributed by atoms with Crippen LogP contribution in [-0.2, 0) is 24.3 Å². The molecule has 1 aliphatic rings. The monoisotopic (exact) mass is 546 g/mol. The molecular formula is C30H31BrN2O3. The number of hydrogen-bond donors (Lipinski definition) is 0. The molecular weight excluding hydrogens is 516 g/mol. The van der Waals surface area contributed by atoms with Crippen LogP contribution >= 0.6 is 15.9 Å². The van der Waals surface area contributed by atoms with Gasteiger partial charge in [-0.2, -0.15) is 0 Å². The van der Waals surface area contributed by atoms with Crippen molar-refractivity contribution in [3.05, 3.63) is 100 Å². The van der Waals surface area contributed by atoms with Gasteiger partial charge in [-0.3, -0.25) is 4.79 Å². The molecule has 186 valence electrons. The number of ether oxygens (including phenoxy) is 2. The minimum atomic E-state index is 0.0659. The quantitative estimate of drug-likeness (QED) is 0.226. The van der Waals surface area contributed by atoms with Gasteiger partial charge in [-0.25, -0.2) is 0 Å². The predicted molar refractivity (Wildman–Crippen MR) is 147 cm³/mol. The number of nitrogens with zero attached hydrogens (tertiary/aromatic N) is 2. The summed E-state index contributed by atoms with van der Waals surface area (Å²) < 4.78 is 14.7. The summed E-state index contributed by atoms with van der Waals surface area (Å²) in [6.45, 7) is 3.75. The molecule has 1 amide bonds. The van der Waals surface area contributed by atoms with Gasteiger partial charge in [0.15, 0.2) is 0 Å². The van der Waals surface area contributed by atoms with E-state index in [-0.39, 0.29) is 5.91 Å². The second-order valence-corrected chi connectivity index (χ2v) is 9.92. The lowest BCUT2D eigenvalue weighted by Crippen LogP contribution is -2.40. The topological polar surface area (TPSA) is 43.7 Å². The van der Waals surface area contributed by atoms with Crippen molar-refractivity contribution >= 4 is 32.7 Å². The minimum absolute atomic E-state index is 0.0659. The maximum Gasteiger partial charge on any atom is 0.256 e. The molecule has 36 heavy (non-hydrogen) atoms. The Bertz CT molecular complexity index is 1300. The van der Waals surface area contributed by atoms with Crippen molar-refractivity contribution < 1.29 is 14.3 Å². The molecule has 0 N–H and O–H groups in total. The van der Waals surface area contributed by atoms with Crippen LogP contribution in [0.3, 0.4) is 0 Å². The van der Waals surface area contributed by atoms with Gasteiger partial charge < -0.3 is 18.9 Å². The van der Waals surface area contributed by atoms with Crippen LogP contribution in [0.25, 0.3) is 10.9 Å². The first-order valence-electron chi connectivity index (χ1n) is 12.6. The highest BCUT2D eigenvalue weighted by atomic mass is 79.9. The van der Waals surface area contributed by atoms with Crippen LogP contribution in [0.2, 0.25) is 0 Å². The van der Waals surface area contributed by atoms with Crippen molar-refractivity contribution in [1.29, 1.82) is 0 Å². The highest BCUT2D eigenvalue weighted by Crippen LogP contribution is 2.37. The van der Waals surface area contributed by atoms with E-state index < -0.39 is 0 Å². The van der Waals surface area contributed by atoms with E-state index in [1.54, 1.807) is 0 Å². The molecule has 3 aromatic carbocycles. The third-order valence-corrected chi connectivity index (χ3v) is 7.43. The highest BCUT2D eigenvalue weighted by molar-refractivity contribution is 9.10. The van der Waals surface area contributed by atoms with Crippen molar-refractivity contribution in [3.63, 3.8) is 0 Å². The zero-order valence-electron chi connectivity index (χ0n) is 20.4. The zero-order valence-corrected chi connectivity index (χ0v) is 22.0. The number of amides is 1. The van der Waals surface area contributed by atoms with E-state index in [1.165, 1.54) is 5.56 Å². The number of hydrogen-bond acceptors (Lipinski definition) is 3. The molecule has 5 rings (SSSR count). The largest absolute Gasteiger partial charge is 0.488 e. The van der Waals surface area contributed by atoms with Gasteiger partial charge in [-0.05, 0) is 58.5 Å². The fraction of sp³-hybridized carbons (Fsp3) is 0.300. The molecule has 1 aromatic heterocycles. The fourth-order valence-corrected chi connectivity index (χ4v) is 5.41. The Balaban J connectivity index is 1.40. The van der Waals surface area contributed by atoms with Gasteiger partial charge in [0, 0.05) is 31.2 Å². The van der Waals surface area contributed by atoms with Gasteiger partial charge in [0.25, 0.3) is 5.91 Å². The van der Waals surface area contributed by atoms with Crippen molar-refractivity contribution in [2.45, 2.75) is 32.4 Å². The first-order valence-corrected chi connectivity index (χ1v) is 13.4. The van der Waals surface area contributed by atoms with E-state index in [0.717, 1.165) is 58.1 Å². The number of morpholine rings is 1. The molecule has 0 atom stereocenters. The lowest BCUT2D eigenvalue weighted by molar-refractivity contribution is 0.0304. The van der Waals surface area contributed by atoms with Gasteiger partial charge in [0.05, 0.1) is 28.8 Å². The lowest BCUT2D eigenvalue weighted by Gasteiger charge is -2.26. The second-order valence-electron chi connectivity index (χ2n) is 9.13. The SMILES string of the molecule is O=C(c1cn(CCCCc2ccccc2)c2c(Br)c(OCc3ccccc3)ccc12)N1CCOCC1. The van der Waals surface area contributed by atoms with E-state index in [1.807, 2.05) is 41.4 Å². The number of benzene rings is 3. The minimum Gasteiger partial charge on any atom is -0.488 e. The van der Waals surface area contributed by atoms with Gasteiger partial charge >= 0.3 is 0 Å². The zero-order chi connectivity index (χ0) is 24.7. The Morgan fingerprint density at radius 2 is 1.58 bits per heavy atom. The molecule has 1 saturated heterocycles. The number of aryl methyl sites for hydroxylation is 2. The summed E-state index contributed by atoms with van der Waals surface area (Å²) in [5, 5.41) is 0.952. The summed E-state index contributed by atoms with van der Waals surface area (Å²) in [5.74, 6) is 0.844. The molecule has 0 unspecified atom stereocenters. The molecule has 6 heteroatoms. The second kappa shape index (κ2) is 11.8. The molecule has 2 heterocycles. The molecule has 4 aromatic rings. The van der Waals surface area contributed by atoms with Crippen molar-refractivity contribution in [2.75, 3.05) is 26.3 Å². The van der Waals surface area contributed by atoms with Crippen molar-refractivity contribution in [1.82, 2.24) is 9.47 Å². The first kappa shape index (κ1) is 24.6. The molecule has 0 radical (unpaired) electrons. The Labute approximate surface area is 220 Å². The van der Waals surface area contributed by atoms with E-state index in [0.29, 0.717) is 32.9 Å². The Morgan fingerprint density at radius 1 is 0.889 bits per heavy atom. The van der Waals surface area contributed by atoms with E-state index in [9.17, 15) is 4.79 Å². The Kier molecular flexibility index (Phi) is 8.04. The average molecular weight is 547 g/mol. The van der Waals surface area contributed by atoms with Crippen LogP contribution in [0, 0.1) is 0 Å². The number of aromatic nitrogens is 1. The lowest BCUT2D eigenvalue weighted by atomic mass is 10.1. The average Bonchev–Trinajstić information content (AvgIpc) is 3.31. The molecule has 0 bridgehead atoms. The normalized spacial score (nSPS) is 13.8. The number of unbranched alkanes of at least 4 members (excludes halogenated alkanes) is 1. The summed E-state index contributed by atoms with van der Waals surface area (Å²) >= 11 is 3.82. The third kappa shape index (κ3) is 5.66. The van der Waals surface area contributed by atoms with Crippen molar-refractivity contribution in [3.8, 4) is 5.75 Å². The van der Waals surface area contributed by atoms with Crippen LogP contribution in [0.1, 0.15) is 34.3 Å². The van der Waals surface area contributed by atoms with Crippen LogP contribution in [0.5, 0.6) is 5.75 Å². The predicted octanol–water partition coefficient (Wildman–Crippen LogP) is 6.48. The highest BCUT2D eigenvalue weighted by Gasteiger charge is 2.24. The molecule has 0 aliphatic carbocycles. The Morgan fingerprint density at radius 3 is 2.31 bits per heavy atom. The maximum absolute atomic E-state index is 13.5. The van der Waals surface area contributed by atoms with Gasteiger partial charge in [-0.15, -0.1) is 0 Å². The number of carbonyl (C=O) groups excluding carboxylic acids is 1. The molecule has 1 aliphatic heterocycles. The number of carbonyl (C=O) groups is 1. The van der Waals surface area contributed by atoms with Crippen LogP contribution in [0.4, 0.5) is 0 Å². The van der Waals surface area contributed by atoms with Crippen LogP contribution in [-0.4, -0.2) is 41.7 Å². The standard InChI is InChI=1S/C30H31BrN2O3/c31-28-27(36-22-24-12-5-2-6-13-24)15-14-25-26(30(34)32-17-19-35-20-18-32)21-33(29(25)28)16-8-7-11-23-9-3-1-4-10-23/h1-6,9-10,12-15,21H,7-8,11,16-20,22H2. The summed E-state index contributed by atoms with van der Waals surface area (Å²) in [6.07, 6.45) is 5.17. The van der Waals surface area contributed by atoms with Gasteiger partial charge in [0.1, 0.15) is 12.4 Å². The summed E-state index contributed by atoms with van der Waals surface area (Å²) in [7, 11) is 0. The first-order chi connectivity index (χ1) is 17.7. The number of rotatable bonds is 9. The number of halogens is 1. The summed E-state index contributed by atoms with van der Waals surface area (Å²) in [4.78, 5) is 15.4. The van der Waals surface area contributed by atoms with Crippen molar-refractivity contribution in [2.24, 2.45) is 0 Å². The molecule has 0 saturated carbocycles. The smallest absolute Gasteiger partial charge is 0.256 e. The fourth-order valence-electron chi connectivity index (χ4n) is 4.72. The van der Waals surface area contributed by atoms with E-state index in [2.05, 4.69) is 63.0 Å². The van der Waals surface area contributed by atoms with Gasteiger partial charge in [-0.1, -0.05) is 60.7 Å². The Hall–Kier alpha value is -3.09. The van der Waals surface area contributed by atoms with E-state index in [4.69, 9.17) is 9.47 Å². The van der Waals surface area contributed by atoms with E-state index >= 15 is 0 Å². The van der Waals surface area contributed by atoms with Crippen LogP contribution < -0.4 is 4.74 Å². The number of fused-ring (bicyclic) bond motifs is 1. The molecule has 0 spiro atoms. The third-order valence-electron chi connectivity index (χ3n) is 6.67.